The Kier molecular flexibility index (Phi) is 5.57. The molecule has 1 aromatic rings. The van der Waals surface area contributed by atoms with Crippen molar-refractivity contribution in [2.24, 2.45) is 5.92 Å². The molecule has 1 amide bonds. The number of carbonyl (C=O) groups excluding carboxylic acids is 1. The van der Waals surface area contributed by atoms with Crippen LogP contribution in [0.3, 0.4) is 0 Å². The summed E-state index contributed by atoms with van der Waals surface area (Å²) in [7, 11) is 0. The smallest absolute Gasteiger partial charge is 0.225 e. The van der Waals surface area contributed by atoms with Crippen molar-refractivity contribution in [2.75, 3.05) is 26.4 Å². The third kappa shape index (κ3) is 3.65. The van der Waals surface area contributed by atoms with E-state index in [9.17, 15) is 4.79 Å². The molecule has 0 bridgehead atoms. The molecular formula is C20H29NO3. The molecule has 2 fully saturated rings. The van der Waals surface area contributed by atoms with Crippen molar-refractivity contribution < 1.29 is 14.3 Å². The predicted molar refractivity (Wildman–Crippen MR) is 94.1 cm³/mol. The summed E-state index contributed by atoms with van der Waals surface area (Å²) >= 11 is 0. The van der Waals surface area contributed by atoms with E-state index >= 15 is 0 Å². The first-order valence-electron chi connectivity index (χ1n) is 9.16. The highest BCUT2D eigenvalue weighted by Gasteiger charge is 2.37. The third-order valence-corrected chi connectivity index (χ3v) is 5.71. The van der Waals surface area contributed by atoms with E-state index in [0.29, 0.717) is 6.54 Å². The van der Waals surface area contributed by atoms with Crippen LogP contribution < -0.4 is 5.32 Å². The fourth-order valence-corrected chi connectivity index (χ4v) is 4.13. The molecule has 4 heteroatoms. The number of hydrogen-bond acceptors (Lipinski definition) is 3. The standard InChI is InChI=1S/C20H29NO3/c1-15-6-3-4-8-18(15)20(9-12-23-13-10-20)14-21-19(22)17-7-5-11-24-16(17)2/h3-4,6,8,16-17H,5,7,9-14H2,1-2H3,(H,21,22)/t16-,17-/m1/s1. The van der Waals surface area contributed by atoms with Gasteiger partial charge in [-0.15, -0.1) is 0 Å². The zero-order valence-corrected chi connectivity index (χ0v) is 14.8. The van der Waals surface area contributed by atoms with E-state index in [-0.39, 0.29) is 23.3 Å². The van der Waals surface area contributed by atoms with Crippen molar-refractivity contribution in [2.45, 2.75) is 51.0 Å². The fourth-order valence-electron chi connectivity index (χ4n) is 4.13. The Morgan fingerprint density at radius 2 is 2.00 bits per heavy atom. The van der Waals surface area contributed by atoms with Gasteiger partial charge in [0.2, 0.25) is 5.91 Å². The Labute approximate surface area is 144 Å². The zero-order chi connectivity index (χ0) is 17.0. The van der Waals surface area contributed by atoms with Gasteiger partial charge in [0.25, 0.3) is 0 Å². The summed E-state index contributed by atoms with van der Waals surface area (Å²) in [6, 6.07) is 8.54. The minimum atomic E-state index is -0.0208. The molecule has 132 valence electrons. The second kappa shape index (κ2) is 7.66. The number of nitrogens with one attached hydrogen (secondary N) is 1. The van der Waals surface area contributed by atoms with E-state index in [1.807, 2.05) is 6.92 Å². The van der Waals surface area contributed by atoms with Crippen LogP contribution in [0.15, 0.2) is 24.3 Å². The largest absolute Gasteiger partial charge is 0.381 e. The molecule has 24 heavy (non-hydrogen) atoms. The third-order valence-electron chi connectivity index (χ3n) is 5.71. The van der Waals surface area contributed by atoms with Gasteiger partial charge >= 0.3 is 0 Å². The van der Waals surface area contributed by atoms with Crippen LogP contribution in [0.4, 0.5) is 0 Å². The minimum absolute atomic E-state index is 0.0159. The van der Waals surface area contributed by atoms with Gasteiger partial charge in [-0.3, -0.25) is 4.79 Å². The number of amides is 1. The van der Waals surface area contributed by atoms with Crippen molar-refractivity contribution in [1.82, 2.24) is 5.32 Å². The molecule has 2 atom stereocenters. The van der Waals surface area contributed by atoms with Gasteiger partial charge in [0.1, 0.15) is 0 Å². The van der Waals surface area contributed by atoms with Crippen LogP contribution in [0.2, 0.25) is 0 Å². The van der Waals surface area contributed by atoms with Gasteiger partial charge in [-0.1, -0.05) is 24.3 Å². The summed E-state index contributed by atoms with van der Waals surface area (Å²) in [4.78, 5) is 12.7. The molecule has 0 radical (unpaired) electrons. The lowest BCUT2D eigenvalue weighted by atomic mass is 9.72. The molecule has 1 aromatic carbocycles. The van der Waals surface area contributed by atoms with Gasteiger partial charge < -0.3 is 14.8 Å². The lowest BCUT2D eigenvalue weighted by Gasteiger charge is -2.39. The van der Waals surface area contributed by atoms with Crippen LogP contribution in [0, 0.1) is 12.8 Å². The molecule has 2 heterocycles. The van der Waals surface area contributed by atoms with Crippen LogP contribution in [-0.2, 0) is 19.7 Å². The summed E-state index contributed by atoms with van der Waals surface area (Å²) < 4.78 is 11.2. The second-order valence-corrected chi connectivity index (χ2v) is 7.25. The van der Waals surface area contributed by atoms with E-state index in [1.165, 1.54) is 11.1 Å². The number of rotatable bonds is 4. The lowest BCUT2D eigenvalue weighted by Crippen LogP contribution is -2.48. The molecule has 4 nitrogen and oxygen atoms in total. The highest BCUT2D eigenvalue weighted by Crippen LogP contribution is 2.36. The van der Waals surface area contributed by atoms with Crippen LogP contribution in [0.5, 0.6) is 0 Å². The van der Waals surface area contributed by atoms with Crippen LogP contribution in [0.1, 0.15) is 43.7 Å². The van der Waals surface area contributed by atoms with Crippen LogP contribution >= 0.6 is 0 Å². The van der Waals surface area contributed by atoms with E-state index < -0.39 is 0 Å². The maximum Gasteiger partial charge on any atom is 0.225 e. The quantitative estimate of drug-likeness (QED) is 0.923. The SMILES string of the molecule is Cc1ccccc1C1(CNC(=O)[C@@H]2CCCO[C@@H]2C)CCOCC1. The highest BCUT2D eigenvalue weighted by atomic mass is 16.5. The molecule has 2 saturated heterocycles. The molecule has 0 aliphatic carbocycles. The van der Waals surface area contributed by atoms with Crippen LogP contribution in [0.25, 0.3) is 0 Å². The van der Waals surface area contributed by atoms with E-state index in [4.69, 9.17) is 9.47 Å². The van der Waals surface area contributed by atoms with Gasteiger partial charge in [0, 0.05) is 31.8 Å². The van der Waals surface area contributed by atoms with Gasteiger partial charge in [-0.05, 0) is 50.7 Å². The summed E-state index contributed by atoms with van der Waals surface area (Å²) in [6.45, 7) is 7.14. The number of hydrogen-bond donors (Lipinski definition) is 1. The Hall–Kier alpha value is -1.39. The number of benzene rings is 1. The Balaban J connectivity index is 1.73. The highest BCUT2D eigenvalue weighted by molar-refractivity contribution is 5.79. The number of aryl methyl sites for hydroxylation is 1. The van der Waals surface area contributed by atoms with E-state index in [0.717, 1.165) is 45.5 Å². The van der Waals surface area contributed by atoms with E-state index in [1.54, 1.807) is 0 Å². The first-order chi connectivity index (χ1) is 11.6. The first-order valence-corrected chi connectivity index (χ1v) is 9.16. The maximum absolute atomic E-state index is 12.7. The second-order valence-electron chi connectivity index (χ2n) is 7.25. The molecule has 0 aromatic heterocycles. The van der Waals surface area contributed by atoms with Gasteiger partial charge in [0.05, 0.1) is 12.0 Å². The summed E-state index contributed by atoms with van der Waals surface area (Å²) in [5.74, 6) is 0.120. The predicted octanol–water partition coefficient (Wildman–Crippen LogP) is 2.97. The summed E-state index contributed by atoms with van der Waals surface area (Å²) in [5, 5.41) is 3.24. The monoisotopic (exact) mass is 331 g/mol. The molecular weight excluding hydrogens is 302 g/mol. The number of carbonyl (C=O) groups is 1. The lowest BCUT2D eigenvalue weighted by molar-refractivity contribution is -0.133. The Morgan fingerprint density at radius 1 is 1.25 bits per heavy atom. The maximum atomic E-state index is 12.7. The van der Waals surface area contributed by atoms with Crippen molar-refractivity contribution in [1.29, 1.82) is 0 Å². The van der Waals surface area contributed by atoms with Crippen LogP contribution in [-0.4, -0.2) is 38.4 Å². The zero-order valence-electron chi connectivity index (χ0n) is 14.8. The summed E-state index contributed by atoms with van der Waals surface area (Å²) in [6.07, 6.45) is 3.82. The molecule has 0 unspecified atom stereocenters. The summed E-state index contributed by atoms with van der Waals surface area (Å²) in [5.41, 5.74) is 2.63. The van der Waals surface area contributed by atoms with Gasteiger partial charge in [-0.25, -0.2) is 0 Å². The molecule has 2 aliphatic heterocycles. The Bertz CT molecular complexity index is 566. The average molecular weight is 331 g/mol. The topological polar surface area (TPSA) is 47.6 Å². The molecule has 3 rings (SSSR count). The van der Waals surface area contributed by atoms with Crippen molar-refractivity contribution in [3.05, 3.63) is 35.4 Å². The molecule has 0 spiro atoms. The van der Waals surface area contributed by atoms with Crippen molar-refractivity contribution >= 4 is 5.91 Å². The fraction of sp³-hybridized carbons (Fsp3) is 0.650. The molecule has 2 aliphatic rings. The minimum Gasteiger partial charge on any atom is -0.381 e. The van der Waals surface area contributed by atoms with E-state index in [2.05, 4.69) is 36.5 Å². The normalized spacial score (nSPS) is 26.8. The first kappa shape index (κ1) is 17.4. The molecule has 0 saturated carbocycles. The van der Waals surface area contributed by atoms with Crippen molar-refractivity contribution in [3.63, 3.8) is 0 Å². The van der Waals surface area contributed by atoms with Gasteiger partial charge in [-0.2, -0.15) is 0 Å². The van der Waals surface area contributed by atoms with Crippen molar-refractivity contribution in [3.8, 4) is 0 Å². The number of ether oxygens (including phenoxy) is 2. The average Bonchev–Trinajstić information content (AvgIpc) is 2.61. The Morgan fingerprint density at radius 3 is 2.71 bits per heavy atom. The molecule has 1 N–H and O–H groups in total. The van der Waals surface area contributed by atoms with Gasteiger partial charge in [0.15, 0.2) is 0 Å².